The van der Waals surface area contributed by atoms with Crippen LogP contribution in [0, 0.1) is 0 Å². The number of carbonyl (C=O) groups excluding carboxylic acids is 1. The standard InChI is InChI=1S/C19H17Cl2F3N6O2/c20-11-3-1-2-10(13(11)21)14-15-16(29-28-14)27-12(8-26-15)30-6-4-18(25,5-7-30)9-32-17(31)19(22,23)24/h1-3,8H,4-7,9,25H2,(H,27,28,29). The van der Waals surface area contributed by atoms with Crippen molar-refractivity contribution in [2.45, 2.75) is 24.6 Å². The van der Waals surface area contributed by atoms with Crippen LogP contribution in [0.25, 0.3) is 22.4 Å². The number of H-pyrrole nitrogens is 1. The minimum atomic E-state index is -5.04. The first-order chi connectivity index (χ1) is 15.1. The molecule has 1 aliphatic heterocycles. The van der Waals surface area contributed by atoms with Crippen LogP contribution in [0.1, 0.15) is 12.8 Å². The van der Waals surface area contributed by atoms with Gasteiger partial charge in [-0.2, -0.15) is 18.3 Å². The van der Waals surface area contributed by atoms with Crippen LogP contribution in [-0.4, -0.2) is 57.5 Å². The van der Waals surface area contributed by atoms with Gasteiger partial charge >= 0.3 is 12.1 Å². The van der Waals surface area contributed by atoms with Crippen molar-refractivity contribution < 1.29 is 22.7 Å². The third kappa shape index (κ3) is 4.45. The number of alkyl halides is 3. The van der Waals surface area contributed by atoms with E-state index in [0.717, 1.165) is 0 Å². The second kappa shape index (κ2) is 8.38. The van der Waals surface area contributed by atoms with E-state index < -0.39 is 24.3 Å². The van der Waals surface area contributed by atoms with Gasteiger partial charge in [-0.3, -0.25) is 5.10 Å². The van der Waals surface area contributed by atoms with Gasteiger partial charge in [-0.15, -0.1) is 0 Å². The van der Waals surface area contributed by atoms with Gasteiger partial charge in [0.1, 0.15) is 23.6 Å². The van der Waals surface area contributed by atoms with Gasteiger partial charge in [0.2, 0.25) is 0 Å². The highest BCUT2D eigenvalue weighted by atomic mass is 35.5. The molecule has 0 radical (unpaired) electrons. The first-order valence-electron chi connectivity index (χ1n) is 9.51. The Morgan fingerprint density at radius 2 is 2.00 bits per heavy atom. The fourth-order valence-electron chi connectivity index (χ4n) is 3.44. The number of benzene rings is 1. The van der Waals surface area contributed by atoms with Crippen LogP contribution in [0.5, 0.6) is 0 Å². The van der Waals surface area contributed by atoms with E-state index in [0.29, 0.717) is 64.2 Å². The third-order valence-electron chi connectivity index (χ3n) is 5.27. The van der Waals surface area contributed by atoms with Crippen molar-refractivity contribution >= 4 is 46.2 Å². The molecule has 1 aromatic carbocycles. The van der Waals surface area contributed by atoms with E-state index in [9.17, 15) is 18.0 Å². The lowest BCUT2D eigenvalue weighted by Gasteiger charge is -2.39. The Balaban J connectivity index is 1.47. The predicted octanol–water partition coefficient (Wildman–Crippen LogP) is 3.73. The summed E-state index contributed by atoms with van der Waals surface area (Å²) in [4.78, 5) is 21.9. The van der Waals surface area contributed by atoms with Crippen LogP contribution in [0.4, 0.5) is 19.0 Å². The summed E-state index contributed by atoms with van der Waals surface area (Å²) in [5, 5.41) is 7.85. The highest BCUT2D eigenvalue weighted by molar-refractivity contribution is 6.43. The molecule has 1 saturated heterocycles. The molecule has 3 aromatic rings. The quantitative estimate of drug-likeness (QED) is 0.538. The van der Waals surface area contributed by atoms with Gasteiger partial charge < -0.3 is 15.4 Å². The smallest absolute Gasteiger partial charge is 0.457 e. The summed E-state index contributed by atoms with van der Waals surface area (Å²) in [5.74, 6) is -1.69. The number of aromatic amines is 1. The Morgan fingerprint density at radius 3 is 2.69 bits per heavy atom. The van der Waals surface area contributed by atoms with Crippen LogP contribution in [-0.2, 0) is 9.53 Å². The van der Waals surface area contributed by atoms with Crippen LogP contribution < -0.4 is 10.6 Å². The Kier molecular flexibility index (Phi) is 5.91. The zero-order chi connectivity index (χ0) is 23.1. The van der Waals surface area contributed by atoms with Crippen molar-refractivity contribution in [3.8, 4) is 11.3 Å². The van der Waals surface area contributed by atoms with E-state index >= 15 is 0 Å². The lowest BCUT2D eigenvalue weighted by atomic mass is 9.89. The summed E-state index contributed by atoms with van der Waals surface area (Å²) in [6.45, 7) is 0.303. The summed E-state index contributed by atoms with van der Waals surface area (Å²) in [6.07, 6.45) is -2.85. The number of carbonyl (C=O) groups is 1. The molecule has 8 nitrogen and oxygen atoms in total. The van der Waals surface area contributed by atoms with Crippen LogP contribution in [0.2, 0.25) is 10.0 Å². The maximum atomic E-state index is 12.3. The van der Waals surface area contributed by atoms with Gasteiger partial charge in [0.15, 0.2) is 5.65 Å². The fourth-order valence-corrected chi connectivity index (χ4v) is 3.83. The van der Waals surface area contributed by atoms with E-state index in [1.807, 2.05) is 4.90 Å². The number of piperidine rings is 1. The molecule has 1 fully saturated rings. The Labute approximate surface area is 189 Å². The summed E-state index contributed by atoms with van der Waals surface area (Å²) >= 11 is 12.4. The summed E-state index contributed by atoms with van der Waals surface area (Å²) in [7, 11) is 0. The molecule has 0 aliphatic carbocycles. The highest BCUT2D eigenvalue weighted by Crippen LogP contribution is 2.35. The lowest BCUT2D eigenvalue weighted by Crippen LogP contribution is -2.54. The van der Waals surface area contributed by atoms with Gasteiger partial charge in [-0.05, 0) is 18.9 Å². The maximum absolute atomic E-state index is 12.3. The molecule has 1 aliphatic rings. The normalized spacial score (nSPS) is 16.4. The number of anilines is 1. The van der Waals surface area contributed by atoms with Gasteiger partial charge in [-0.1, -0.05) is 35.3 Å². The number of halogens is 5. The Bertz CT molecular complexity index is 1160. The Morgan fingerprint density at radius 1 is 1.28 bits per heavy atom. The third-order valence-corrected chi connectivity index (χ3v) is 6.09. The number of aromatic nitrogens is 4. The average Bonchev–Trinajstić information content (AvgIpc) is 3.17. The van der Waals surface area contributed by atoms with Crippen molar-refractivity contribution in [3.63, 3.8) is 0 Å². The van der Waals surface area contributed by atoms with E-state index in [1.54, 1.807) is 24.4 Å². The second-order valence-electron chi connectivity index (χ2n) is 7.52. The molecule has 0 unspecified atom stereocenters. The summed E-state index contributed by atoms with van der Waals surface area (Å²) in [5.41, 5.74) is 7.17. The van der Waals surface area contributed by atoms with E-state index in [-0.39, 0.29) is 0 Å². The molecule has 3 N–H and O–H groups in total. The van der Waals surface area contributed by atoms with Gasteiger partial charge in [0, 0.05) is 18.7 Å². The monoisotopic (exact) mass is 488 g/mol. The Hall–Kier alpha value is -2.63. The summed E-state index contributed by atoms with van der Waals surface area (Å²) in [6, 6.07) is 5.20. The number of esters is 1. The predicted molar refractivity (Wildman–Crippen MR) is 113 cm³/mol. The molecule has 170 valence electrons. The maximum Gasteiger partial charge on any atom is 0.490 e. The molecule has 13 heteroatoms. The zero-order valence-electron chi connectivity index (χ0n) is 16.4. The largest absolute Gasteiger partial charge is 0.490 e. The number of nitrogens with one attached hydrogen (secondary N) is 1. The van der Waals surface area contributed by atoms with E-state index in [2.05, 4.69) is 24.9 Å². The van der Waals surface area contributed by atoms with Crippen LogP contribution in [0.3, 0.4) is 0 Å². The fraction of sp³-hybridized carbons (Fsp3) is 0.368. The number of nitrogens with zero attached hydrogens (tertiary/aromatic N) is 4. The molecule has 3 heterocycles. The molecule has 4 rings (SSSR count). The van der Waals surface area contributed by atoms with Gasteiger partial charge in [0.25, 0.3) is 0 Å². The molecular weight excluding hydrogens is 472 g/mol. The molecule has 2 aromatic heterocycles. The molecule has 0 amide bonds. The van der Waals surface area contributed by atoms with Crippen LogP contribution in [0.15, 0.2) is 24.4 Å². The SMILES string of the molecule is NC1(COC(=O)C(F)(F)F)CCN(c2cnc3c(-c4cccc(Cl)c4Cl)n[nH]c3n2)CC1. The van der Waals surface area contributed by atoms with Crippen molar-refractivity contribution in [1.29, 1.82) is 0 Å². The number of rotatable bonds is 4. The van der Waals surface area contributed by atoms with Gasteiger partial charge in [-0.25, -0.2) is 14.8 Å². The lowest BCUT2D eigenvalue weighted by molar-refractivity contribution is -0.201. The molecule has 32 heavy (non-hydrogen) atoms. The van der Waals surface area contributed by atoms with Crippen molar-refractivity contribution in [3.05, 3.63) is 34.4 Å². The van der Waals surface area contributed by atoms with E-state index in [1.165, 1.54) is 0 Å². The second-order valence-corrected chi connectivity index (χ2v) is 8.31. The van der Waals surface area contributed by atoms with Gasteiger partial charge in [0.05, 0.1) is 21.8 Å². The first-order valence-corrected chi connectivity index (χ1v) is 10.3. The number of hydrogen-bond donors (Lipinski definition) is 2. The highest BCUT2D eigenvalue weighted by Gasteiger charge is 2.43. The number of nitrogens with two attached hydrogens (primary N) is 1. The number of ether oxygens (including phenoxy) is 1. The number of hydrogen-bond acceptors (Lipinski definition) is 7. The molecule has 0 saturated carbocycles. The van der Waals surface area contributed by atoms with E-state index in [4.69, 9.17) is 28.9 Å². The van der Waals surface area contributed by atoms with Crippen LogP contribution >= 0.6 is 23.2 Å². The molecule has 0 atom stereocenters. The molecule has 0 spiro atoms. The summed E-state index contributed by atoms with van der Waals surface area (Å²) < 4.78 is 41.3. The zero-order valence-corrected chi connectivity index (χ0v) is 17.9. The van der Waals surface area contributed by atoms with Crippen molar-refractivity contribution in [2.24, 2.45) is 5.73 Å². The molecule has 0 bridgehead atoms. The van der Waals surface area contributed by atoms with Crippen molar-refractivity contribution in [2.75, 3.05) is 24.6 Å². The first kappa shape index (κ1) is 22.6. The molecular formula is C19H17Cl2F3N6O2. The topological polar surface area (TPSA) is 110 Å². The minimum absolute atomic E-state index is 0.310. The average molecular weight is 489 g/mol. The van der Waals surface area contributed by atoms with Crippen molar-refractivity contribution in [1.82, 2.24) is 20.2 Å². The minimum Gasteiger partial charge on any atom is -0.457 e. The number of fused-ring (bicyclic) bond motifs is 1.